The topological polar surface area (TPSA) is 61.0 Å². The maximum Gasteiger partial charge on any atom is 0.131 e. The molecule has 16 heavy (non-hydrogen) atoms. The molecule has 1 aromatic rings. The Labute approximate surface area is 97.2 Å². The molecule has 1 aromatic heterocycles. The maximum absolute atomic E-state index is 5.91. The second kappa shape index (κ2) is 5.92. The Morgan fingerprint density at radius 1 is 1.38 bits per heavy atom. The molecule has 0 aromatic carbocycles. The molecule has 4 nitrogen and oxygen atoms in total. The zero-order valence-electron chi connectivity index (χ0n) is 10.5. The van der Waals surface area contributed by atoms with Gasteiger partial charge in [-0.25, -0.2) is 9.97 Å². The minimum atomic E-state index is -0.000637. The highest BCUT2D eigenvalue weighted by atomic mass is 16.5. The Bertz CT molecular complexity index is 339. The molecule has 1 atom stereocenters. The minimum absolute atomic E-state index is 0.000637. The molecule has 0 aliphatic rings. The number of hydrogen-bond donors (Lipinski definition) is 1. The van der Waals surface area contributed by atoms with Crippen LogP contribution < -0.4 is 5.73 Å². The van der Waals surface area contributed by atoms with Crippen molar-refractivity contribution >= 4 is 0 Å². The fourth-order valence-corrected chi connectivity index (χ4v) is 1.56. The van der Waals surface area contributed by atoms with Crippen molar-refractivity contribution in [2.24, 2.45) is 5.73 Å². The molecule has 1 rings (SSSR count). The summed E-state index contributed by atoms with van der Waals surface area (Å²) in [6, 6.07) is 1.99. The van der Waals surface area contributed by atoms with Crippen LogP contribution in [0.5, 0.6) is 0 Å². The highest BCUT2D eigenvalue weighted by Gasteiger charge is 2.09. The predicted molar refractivity (Wildman–Crippen MR) is 64.4 cm³/mol. The molecule has 1 heterocycles. The predicted octanol–water partition coefficient (Wildman–Crippen LogP) is 1.42. The smallest absolute Gasteiger partial charge is 0.131 e. The molecule has 4 heteroatoms. The van der Waals surface area contributed by atoms with Crippen LogP contribution in [0.15, 0.2) is 6.07 Å². The molecule has 0 aliphatic heterocycles. The lowest BCUT2D eigenvalue weighted by molar-refractivity contribution is 0.179. The van der Waals surface area contributed by atoms with E-state index in [0.717, 1.165) is 23.6 Å². The van der Waals surface area contributed by atoms with Gasteiger partial charge in [0.15, 0.2) is 0 Å². The number of methoxy groups -OCH3 is 1. The van der Waals surface area contributed by atoms with E-state index in [4.69, 9.17) is 10.5 Å². The molecule has 0 radical (unpaired) electrons. The highest BCUT2D eigenvalue weighted by molar-refractivity contribution is 5.12. The van der Waals surface area contributed by atoms with Crippen LogP contribution in [0.1, 0.15) is 37.0 Å². The highest BCUT2D eigenvalue weighted by Crippen LogP contribution is 2.11. The summed E-state index contributed by atoms with van der Waals surface area (Å²) in [4.78, 5) is 8.91. The van der Waals surface area contributed by atoms with Crippen LogP contribution >= 0.6 is 0 Å². The number of nitrogens with zero attached hydrogens (tertiary/aromatic N) is 2. The standard InChI is InChI=1S/C12H21N3O/c1-8(2)12-14-9(3)5-11(15-12)6-10(13)7-16-4/h5,8,10H,6-7,13H2,1-4H3. The second-order valence-corrected chi connectivity index (χ2v) is 4.43. The van der Waals surface area contributed by atoms with E-state index < -0.39 is 0 Å². The summed E-state index contributed by atoms with van der Waals surface area (Å²) in [5.74, 6) is 1.23. The van der Waals surface area contributed by atoms with Gasteiger partial charge < -0.3 is 10.5 Å². The van der Waals surface area contributed by atoms with Crippen LogP contribution in [0.2, 0.25) is 0 Å². The Morgan fingerprint density at radius 2 is 2.06 bits per heavy atom. The van der Waals surface area contributed by atoms with Gasteiger partial charge in [-0.05, 0) is 13.0 Å². The van der Waals surface area contributed by atoms with Gasteiger partial charge >= 0.3 is 0 Å². The van der Waals surface area contributed by atoms with E-state index in [2.05, 4.69) is 23.8 Å². The summed E-state index contributed by atoms with van der Waals surface area (Å²) in [5.41, 5.74) is 7.91. The van der Waals surface area contributed by atoms with Gasteiger partial charge in [0.25, 0.3) is 0 Å². The summed E-state index contributed by atoms with van der Waals surface area (Å²) >= 11 is 0. The molecular formula is C12H21N3O. The zero-order valence-corrected chi connectivity index (χ0v) is 10.5. The summed E-state index contributed by atoms with van der Waals surface area (Å²) in [7, 11) is 1.66. The van der Waals surface area contributed by atoms with E-state index in [-0.39, 0.29) is 6.04 Å². The number of hydrogen-bond acceptors (Lipinski definition) is 4. The first-order valence-electron chi connectivity index (χ1n) is 5.62. The lowest BCUT2D eigenvalue weighted by atomic mass is 10.1. The Kier molecular flexibility index (Phi) is 4.83. The van der Waals surface area contributed by atoms with Crippen LogP contribution in [0, 0.1) is 6.92 Å². The molecule has 0 spiro atoms. The molecule has 0 saturated heterocycles. The monoisotopic (exact) mass is 223 g/mol. The molecular weight excluding hydrogens is 202 g/mol. The Morgan fingerprint density at radius 3 is 2.62 bits per heavy atom. The molecule has 0 fully saturated rings. The average Bonchev–Trinajstić information content (AvgIpc) is 2.16. The van der Waals surface area contributed by atoms with Crippen molar-refractivity contribution < 1.29 is 4.74 Å². The van der Waals surface area contributed by atoms with E-state index >= 15 is 0 Å². The van der Waals surface area contributed by atoms with Gasteiger partial charge in [-0.3, -0.25) is 0 Å². The van der Waals surface area contributed by atoms with Crippen molar-refractivity contribution in [1.82, 2.24) is 9.97 Å². The van der Waals surface area contributed by atoms with Gasteiger partial charge in [0.2, 0.25) is 0 Å². The number of aromatic nitrogens is 2. The first-order chi connectivity index (χ1) is 7.52. The zero-order chi connectivity index (χ0) is 12.1. The van der Waals surface area contributed by atoms with Crippen molar-refractivity contribution in [2.75, 3.05) is 13.7 Å². The first-order valence-corrected chi connectivity index (χ1v) is 5.62. The largest absolute Gasteiger partial charge is 0.383 e. The Hall–Kier alpha value is -1.00. The molecule has 90 valence electrons. The first kappa shape index (κ1) is 13.1. The lowest BCUT2D eigenvalue weighted by Crippen LogP contribution is -2.28. The van der Waals surface area contributed by atoms with Gasteiger partial charge in [-0.2, -0.15) is 0 Å². The van der Waals surface area contributed by atoms with Crippen molar-refractivity contribution in [3.8, 4) is 0 Å². The molecule has 0 amide bonds. The van der Waals surface area contributed by atoms with Crippen molar-refractivity contribution in [3.05, 3.63) is 23.3 Å². The van der Waals surface area contributed by atoms with Crippen LogP contribution in [0.3, 0.4) is 0 Å². The van der Waals surface area contributed by atoms with Crippen LogP contribution in [-0.4, -0.2) is 29.7 Å². The average molecular weight is 223 g/mol. The molecule has 0 aliphatic carbocycles. The summed E-state index contributed by atoms with van der Waals surface area (Å²) in [5, 5.41) is 0. The van der Waals surface area contributed by atoms with Crippen molar-refractivity contribution in [3.63, 3.8) is 0 Å². The molecule has 1 unspecified atom stereocenters. The second-order valence-electron chi connectivity index (χ2n) is 4.43. The van der Waals surface area contributed by atoms with Crippen LogP contribution in [-0.2, 0) is 11.2 Å². The SMILES string of the molecule is COCC(N)Cc1cc(C)nc(C(C)C)n1. The molecule has 0 saturated carbocycles. The third-order valence-electron chi connectivity index (χ3n) is 2.29. The van der Waals surface area contributed by atoms with Gasteiger partial charge in [0, 0.05) is 36.9 Å². The van der Waals surface area contributed by atoms with Crippen molar-refractivity contribution in [1.29, 1.82) is 0 Å². The van der Waals surface area contributed by atoms with Crippen LogP contribution in [0.25, 0.3) is 0 Å². The normalized spacial score (nSPS) is 13.1. The van der Waals surface area contributed by atoms with E-state index in [9.17, 15) is 0 Å². The van der Waals surface area contributed by atoms with Crippen molar-refractivity contribution in [2.45, 2.75) is 39.2 Å². The number of rotatable bonds is 5. The van der Waals surface area contributed by atoms with E-state index in [1.54, 1.807) is 7.11 Å². The summed E-state index contributed by atoms with van der Waals surface area (Å²) < 4.78 is 5.02. The number of ether oxygens (including phenoxy) is 1. The van der Waals surface area contributed by atoms with E-state index in [1.165, 1.54) is 0 Å². The fraction of sp³-hybridized carbons (Fsp3) is 0.667. The van der Waals surface area contributed by atoms with Gasteiger partial charge in [0.05, 0.1) is 6.61 Å². The fourth-order valence-electron chi connectivity index (χ4n) is 1.56. The van der Waals surface area contributed by atoms with Crippen LogP contribution in [0.4, 0.5) is 0 Å². The van der Waals surface area contributed by atoms with Gasteiger partial charge in [-0.15, -0.1) is 0 Å². The summed E-state index contributed by atoms with van der Waals surface area (Å²) in [6.07, 6.45) is 0.733. The van der Waals surface area contributed by atoms with Gasteiger partial charge in [-0.1, -0.05) is 13.8 Å². The van der Waals surface area contributed by atoms with E-state index in [1.807, 2.05) is 13.0 Å². The quantitative estimate of drug-likeness (QED) is 0.820. The third-order valence-corrected chi connectivity index (χ3v) is 2.29. The maximum atomic E-state index is 5.91. The molecule has 2 N–H and O–H groups in total. The van der Waals surface area contributed by atoms with Gasteiger partial charge in [0.1, 0.15) is 5.82 Å². The lowest BCUT2D eigenvalue weighted by Gasteiger charge is -2.12. The summed E-state index contributed by atoms with van der Waals surface area (Å²) in [6.45, 7) is 6.72. The minimum Gasteiger partial charge on any atom is -0.383 e. The third kappa shape index (κ3) is 3.87. The number of aryl methyl sites for hydroxylation is 1. The molecule has 0 bridgehead atoms. The number of nitrogens with two attached hydrogens (primary N) is 1. The Balaban J connectivity index is 2.80. The van der Waals surface area contributed by atoms with E-state index in [0.29, 0.717) is 12.5 Å².